The Balaban J connectivity index is 0.00000163. The van der Waals surface area contributed by atoms with Crippen molar-refractivity contribution >= 4 is 5.78 Å². The number of alkyl halides is 3. The van der Waals surface area contributed by atoms with Crippen LogP contribution in [0.1, 0.15) is 32.3 Å². The number of rotatable bonds is 5. The highest BCUT2D eigenvalue weighted by Gasteiger charge is 2.33. The summed E-state index contributed by atoms with van der Waals surface area (Å²) in [6, 6.07) is 3.17. The van der Waals surface area contributed by atoms with E-state index >= 15 is 0 Å². The zero-order valence-corrected chi connectivity index (χ0v) is 15.6. The van der Waals surface area contributed by atoms with Crippen LogP contribution in [0, 0.1) is 5.82 Å². The standard InChI is InChI=1S/C16H20F4N2O2.C2H6/c1-11(23)13(10-22-7-5-21(2)6-8-22)12-3-4-15(14(17)9-12)24-16(18,19)20;1-2/h3-4,9,13H,5-8,10H2,1-2H3;1-2H3. The molecule has 0 bridgehead atoms. The molecule has 148 valence electrons. The molecule has 0 aliphatic carbocycles. The third-order valence-corrected chi connectivity index (χ3v) is 4.11. The van der Waals surface area contributed by atoms with Crippen molar-refractivity contribution in [2.24, 2.45) is 0 Å². The summed E-state index contributed by atoms with van der Waals surface area (Å²) in [6.45, 7) is 9.14. The number of likely N-dealkylation sites (N-methyl/N-ethyl adjacent to an activating group) is 1. The lowest BCUT2D eigenvalue weighted by molar-refractivity contribution is -0.275. The summed E-state index contributed by atoms with van der Waals surface area (Å²) in [7, 11) is 2.01. The molecule has 1 aromatic carbocycles. The van der Waals surface area contributed by atoms with Crippen LogP contribution in [0.4, 0.5) is 17.6 Å². The number of halogens is 4. The number of carbonyl (C=O) groups is 1. The van der Waals surface area contributed by atoms with E-state index in [1.165, 1.54) is 13.0 Å². The number of carbonyl (C=O) groups excluding carboxylic acids is 1. The van der Waals surface area contributed by atoms with Gasteiger partial charge in [0.1, 0.15) is 5.78 Å². The molecule has 0 aromatic heterocycles. The molecule has 0 N–H and O–H groups in total. The molecule has 1 saturated heterocycles. The molecular weight excluding hydrogens is 352 g/mol. The highest BCUT2D eigenvalue weighted by atomic mass is 19.4. The van der Waals surface area contributed by atoms with Crippen LogP contribution in [0.25, 0.3) is 0 Å². The van der Waals surface area contributed by atoms with E-state index in [1.807, 2.05) is 20.9 Å². The van der Waals surface area contributed by atoms with Gasteiger partial charge in [-0.25, -0.2) is 4.39 Å². The Bertz CT molecular complexity index is 585. The van der Waals surface area contributed by atoms with Crippen molar-refractivity contribution in [3.8, 4) is 5.75 Å². The maximum Gasteiger partial charge on any atom is 0.573 e. The molecule has 1 unspecified atom stereocenters. The van der Waals surface area contributed by atoms with Crippen LogP contribution in [0.5, 0.6) is 5.75 Å². The van der Waals surface area contributed by atoms with Gasteiger partial charge < -0.3 is 9.64 Å². The quantitative estimate of drug-likeness (QED) is 0.732. The summed E-state index contributed by atoms with van der Waals surface area (Å²) in [4.78, 5) is 16.2. The molecule has 0 saturated carbocycles. The number of piperazine rings is 1. The second kappa shape index (κ2) is 9.87. The van der Waals surface area contributed by atoms with Crippen molar-refractivity contribution in [3.63, 3.8) is 0 Å². The Morgan fingerprint density at radius 1 is 1.19 bits per heavy atom. The largest absolute Gasteiger partial charge is 0.573 e. The lowest BCUT2D eigenvalue weighted by Crippen LogP contribution is -2.46. The van der Waals surface area contributed by atoms with Crippen LogP contribution < -0.4 is 4.74 Å². The molecular formula is C18H26F4N2O2. The minimum atomic E-state index is -4.96. The molecule has 1 fully saturated rings. The first-order valence-electron chi connectivity index (χ1n) is 8.62. The lowest BCUT2D eigenvalue weighted by Gasteiger charge is -2.34. The fraction of sp³-hybridized carbons (Fsp3) is 0.611. The Kier molecular flexibility index (Phi) is 8.49. The molecule has 8 heteroatoms. The van der Waals surface area contributed by atoms with Gasteiger partial charge in [-0.15, -0.1) is 13.2 Å². The minimum absolute atomic E-state index is 0.155. The first kappa shape index (κ1) is 22.4. The van der Waals surface area contributed by atoms with Gasteiger partial charge in [0.2, 0.25) is 0 Å². The van der Waals surface area contributed by atoms with Crippen LogP contribution in [-0.4, -0.2) is 61.7 Å². The Labute approximate surface area is 151 Å². The van der Waals surface area contributed by atoms with E-state index < -0.39 is 23.8 Å². The van der Waals surface area contributed by atoms with E-state index in [9.17, 15) is 22.4 Å². The smallest absolute Gasteiger partial charge is 0.403 e. The van der Waals surface area contributed by atoms with Gasteiger partial charge in [-0.05, 0) is 31.7 Å². The SMILES string of the molecule is CC.CC(=O)C(CN1CCN(C)CC1)c1ccc(OC(F)(F)F)c(F)c1. The normalized spacial score (nSPS) is 17.2. The fourth-order valence-electron chi connectivity index (χ4n) is 2.70. The number of ether oxygens (including phenoxy) is 1. The first-order valence-corrected chi connectivity index (χ1v) is 8.62. The number of nitrogens with zero attached hydrogens (tertiary/aromatic N) is 2. The van der Waals surface area contributed by atoms with Crippen molar-refractivity contribution in [2.45, 2.75) is 33.1 Å². The average Bonchev–Trinajstić information content (AvgIpc) is 2.57. The van der Waals surface area contributed by atoms with Crippen LogP contribution in [0.2, 0.25) is 0 Å². The fourth-order valence-corrected chi connectivity index (χ4v) is 2.70. The van der Waals surface area contributed by atoms with Gasteiger partial charge >= 0.3 is 6.36 Å². The van der Waals surface area contributed by atoms with E-state index in [0.717, 1.165) is 38.3 Å². The van der Waals surface area contributed by atoms with Crippen molar-refractivity contribution in [2.75, 3.05) is 39.8 Å². The third-order valence-electron chi connectivity index (χ3n) is 4.11. The van der Waals surface area contributed by atoms with Crippen LogP contribution in [0.3, 0.4) is 0 Å². The second-order valence-electron chi connectivity index (χ2n) is 6.00. The molecule has 1 aromatic rings. The van der Waals surface area contributed by atoms with Crippen LogP contribution >= 0.6 is 0 Å². The third kappa shape index (κ3) is 6.92. The summed E-state index contributed by atoms with van der Waals surface area (Å²) in [5, 5.41) is 0. The van der Waals surface area contributed by atoms with Crippen molar-refractivity contribution in [1.82, 2.24) is 9.80 Å². The Morgan fingerprint density at radius 3 is 2.23 bits per heavy atom. The highest BCUT2D eigenvalue weighted by Crippen LogP contribution is 2.29. The zero-order chi connectivity index (χ0) is 19.9. The van der Waals surface area contributed by atoms with E-state index in [1.54, 1.807) is 0 Å². The van der Waals surface area contributed by atoms with Gasteiger partial charge in [0, 0.05) is 32.7 Å². The number of ketones is 1. The molecule has 4 nitrogen and oxygen atoms in total. The number of benzene rings is 1. The molecule has 0 amide bonds. The van der Waals surface area contributed by atoms with Gasteiger partial charge in [0.15, 0.2) is 11.6 Å². The Hall–Kier alpha value is -1.67. The molecule has 2 rings (SSSR count). The minimum Gasteiger partial charge on any atom is -0.403 e. The highest BCUT2D eigenvalue weighted by molar-refractivity contribution is 5.83. The number of hydrogen-bond donors (Lipinski definition) is 0. The molecule has 1 aliphatic rings. The molecule has 0 spiro atoms. The van der Waals surface area contributed by atoms with Gasteiger partial charge in [0.05, 0.1) is 5.92 Å². The van der Waals surface area contributed by atoms with Crippen molar-refractivity contribution in [1.29, 1.82) is 0 Å². The van der Waals surface area contributed by atoms with E-state index in [-0.39, 0.29) is 5.78 Å². The van der Waals surface area contributed by atoms with Gasteiger partial charge in [-0.3, -0.25) is 9.69 Å². The van der Waals surface area contributed by atoms with Gasteiger partial charge in [-0.1, -0.05) is 19.9 Å². The van der Waals surface area contributed by atoms with Crippen LogP contribution in [-0.2, 0) is 4.79 Å². The average molecular weight is 378 g/mol. The van der Waals surface area contributed by atoms with Gasteiger partial charge in [0.25, 0.3) is 0 Å². The summed E-state index contributed by atoms with van der Waals surface area (Å²) in [5.41, 5.74) is 0.355. The predicted molar refractivity (Wildman–Crippen MR) is 91.8 cm³/mol. The first-order chi connectivity index (χ1) is 12.2. The topological polar surface area (TPSA) is 32.8 Å². The molecule has 1 aliphatic heterocycles. The number of hydrogen-bond acceptors (Lipinski definition) is 4. The van der Waals surface area contributed by atoms with E-state index in [2.05, 4.69) is 14.5 Å². The summed E-state index contributed by atoms with van der Waals surface area (Å²) in [6.07, 6.45) is -4.96. The van der Waals surface area contributed by atoms with E-state index in [4.69, 9.17) is 0 Å². The monoisotopic (exact) mass is 378 g/mol. The summed E-state index contributed by atoms with van der Waals surface area (Å²) >= 11 is 0. The van der Waals surface area contributed by atoms with Crippen molar-refractivity contribution in [3.05, 3.63) is 29.6 Å². The zero-order valence-electron chi connectivity index (χ0n) is 15.6. The second-order valence-corrected chi connectivity index (χ2v) is 6.00. The maximum absolute atomic E-state index is 13.9. The molecule has 0 radical (unpaired) electrons. The summed E-state index contributed by atoms with van der Waals surface area (Å²) < 4.78 is 54.1. The van der Waals surface area contributed by atoms with Crippen molar-refractivity contribution < 1.29 is 27.1 Å². The maximum atomic E-state index is 13.9. The van der Waals surface area contributed by atoms with Gasteiger partial charge in [-0.2, -0.15) is 0 Å². The summed E-state index contributed by atoms with van der Waals surface area (Å²) in [5.74, 6) is -2.76. The predicted octanol–water partition coefficient (Wildman–Crippen LogP) is 3.67. The molecule has 1 heterocycles. The number of Topliss-reactive ketones (excluding diaryl/α,β-unsaturated/α-hetero) is 1. The Morgan fingerprint density at radius 2 is 1.77 bits per heavy atom. The van der Waals surface area contributed by atoms with E-state index in [0.29, 0.717) is 12.1 Å². The molecule has 1 atom stereocenters. The van der Waals surface area contributed by atoms with Crippen LogP contribution in [0.15, 0.2) is 18.2 Å². The molecule has 26 heavy (non-hydrogen) atoms. The lowest BCUT2D eigenvalue weighted by atomic mass is 9.94.